The molecule has 8 rings (SSSR count). The minimum absolute atomic E-state index is 0.139. The van der Waals surface area contributed by atoms with Crippen LogP contribution < -0.4 is 0 Å². The Kier molecular flexibility index (Phi) is 5.52. The lowest BCUT2D eigenvalue weighted by Gasteiger charge is -2.20. The summed E-state index contributed by atoms with van der Waals surface area (Å²) in [6.45, 7) is 0. The molecule has 5 heteroatoms. The van der Waals surface area contributed by atoms with Gasteiger partial charge in [0.1, 0.15) is 11.2 Å². The third-order valence-corrected chi connectivity index (χ3v) is 7.88. The van der Waals surface area contributed by atoms with E-state index in [1.54, 1.807) is 12.4 Å². The fourth-order valence-electron chi connectivity index (χ4n) is 5.86. The van der Waals surface area contributed by atoms with Crippen molar-refractivity contribution in [2.24, 2.45) is 0 Å². The SMILES string of the molecule is C1=CC(c2nc3ccccc3c3nc4ccccn4c23)CC(c2ccc(-c3cccc(-c4ccncc4)n3)cc2)=C1. The van der Waals surface area contributed by atoms with Crippen molar-refractivity contribution >= 4 is 33.2 Å². The highest BCUT2D eigenvalue weighted by Crippen LogP contribution is 2.38. The molecule has 0 radical (unpaired) electrons. The van der Waals surface area contributed by atoms with Gasteiger partial charge in [-0.2, -0.15) is 0 Å². The number of fused-ring (bicyclic) bond motifs is 5. The molecule has 0 amide bonds. The minimum atomic E-state index is 0.139. The highest BCUT2D eigenvalue weighted by atomic mass is 15.0. The average molecular weight is 528 g/mol. The predicted octanol–water partition coefficient (Wildman–Crippen LogP) is 8.29. The molecule has 194 valence electrons. The predicted molar refractivity (Wildman–Crippen MR) is 165 cm³/mol. The van der Waals surface area contributed by atoms with Crippen molar-refractivity contribution in [3.05, 3.63) is 145 Å². The maximum atomic E-state index is 5.21. The number of allylic oxidation sites excluding steroid dienone is 4. The van der Waals surface area contributed by atoms with Gasteiger partial charge >= 0.3 is 0 Å². The normalized spacial score (nSPS) is 15.0. The Morgan fingerprint density at radius 2 is 1.41 bits per heavy atom. The summed E-state index contributed by atoms with van der Waals surface area (Å²) in [6, 6.07) is 33.3. The van der Waals surface area contributed by atoms with Crippen LogP contribution in [0.15, 0.2) is 134 Å². The van der Waals surface area contributed by atoms with E-state index in [0.29, 0.717) is 0 Å². The number of rotatable bonds is 4. The van der Waals surface area contributed by atoms with Gasteiger partial charge in [-0.25, -0.2) is 15.0 Å². The van der Waals surface area contributed by atoms with Crippen LogP contribution in [0.2, 0.25) is 0 Å². The van der Waals surface area contributed by atoms with Gasteiger partial charge in [-0.15, -0.1) is 0 Å². The van der Waals surface area contributed by atoms with E-state index in [9.17, 15) is 0 Å². The summed E-state index contributed by atoms with van der Waals surface area (Å²) >= 11 is 0. The fraction of sp³-hybridized carbons (Fsp3) is 0.0556. The fourth-order valence-corrected chi connectivity index (χ4v) is 5.86. The highest BCUT2D eigenvalue weighted by molar-refractivity contribution is 6.05. The Balaban J connectivity index is 1.14. The molecule has 0 bridgehead atoms. The van der Waals surface area contributed by atoms with E-state index in [2.05, 4.69) is 101 Å². The van der Waals surface area contributed by atoms with Gasteiger partial charge in [0, 0.05) is 41.0 Å². The number of hydrogen-bond acceptors (Lipinski definition) is 4. The first-order valence-electron chi connectivity index (χ1n) is 13.8. The van der Waals surface area contributed by atoms with E-state index in [1.807, 2.05) is 30.3 Å². The molecule has 0 N–H and O–H groups in total. The van der Waals surface area contributed by atoms with Crippen molar-refractivity contribution < 1.29 is 0 Å². The minimum Gasteiger partial charge on any atom is -0.298 e. The van der Waals surface area contributed by atoms with E-state index in [-0.39, 0.29) is 5.92 Å². The van der Waals surface area contributed by atoms with E-state index < -0.39 is 0 Å². The molecule has 1 unspecified atom stereocenters. The van der Waals surface area contributed by atoms with Crippen LogP contribution in [0.1, 0.15) is 23.6 Å². The Hall–Kier alpha value is -5.42. The zero-order valence-corrected chi connectivity index (χ0v) is 22.2. The largest absolute Gasteiger partial charge is 0.298 e. The molecule has 5 aromatic heterocycles. The van der Waals surface area contributed by atoms with E-state index in [4.69, 9.17) is 15.0 Å². The van der Waals surface area contributed by atoms with Gasteiger partial charge in [0.25, 0.3) is 0 Å². The van der Waals surface area contributed by atoms with Crippen molar-refractivity contribution in [1.82, 2.24) is 24.3 Å². The van der Waals surface area contributed by atoms with Gasteiger partial charge in [-0.05, 0) is 60.0 Å². The summed E-state index contributed by atoms with van der Waals surface area (Å²) in [5, 5.41) is 1.09. The second kappa shape index (κ2) is 9.65. The first-order chi connectivity index (χ1) is 20.3. The van der Waals surface area contributed by atoms with Crippen molar-refractivity contribution in [2.45, 2.75) is 12.3 Å². The van der Waals surface area contributed by atoms with Gasteiger partial charge in [0.15, 0.2) is 0 Å². The van der Waals surface area contributed by atoms with Gasteiger partial charge in [-0.1, -0.05) is 72.8 Å². The summed E-state index contributed by atoms with van der Waals surface area (Å²) in [4.78, 5) is 19.3. The molecule has 1 atom stereocenters. The van der Waals surface area contributed by atoms with Crippen LogP contribution in [0.25, 0.3) is 55.7 Å². The van der Waals surface area contributed by atoms with Crippen molar-refractivity contribution in [2.75, 3.05) is 0 Å². The first-order valence-corrected chi connectivity index (χ1v) is 13.8. The second-order valence-electron chi connectivity index (χ2n) is 10.4. The average Bonchev–Trinajstić information content (AvgIpc) is 3.45. The molecule has 0 saturated carbocycles. The lowest BCUT2D eigenvalue weighted by Crippen LogP contribution is -2.05. The number of benzene rings is 2. The maximum absolute atomic E-state index is 5.21. The molecule has 7 aromatic rings. The zero-order chi connectivity index (χ0) is 27.2. The summed E-state index contributed by atoms with van der Waals surface area (Å²) < 4.78 is 2.18. The van der Waals surface area contributed by atoms with Gasteiger partial charge in [0.2, 0.25) is 0 Å². The number of para-hydroxylation sites is 1. The molecule has 2 aromatic carbocycles. The number of hydrogen-bond donors (Lipinski definition) is 0. The summed E-state index contributed by atoms with van der Waals surface area (Å²) in [6.07, 6.45) is 13.2. The molecule has 0 spiro atoms. The third kappa shape index (κ3) is 4.10. The van der Waals surface area contributed by atoms with Crippen LogP contribution in [0, 0.1) is 0 Å². The standard InChI is InChI=1S/C36H25N5/c1-2-10-32-29(9-1)35-36(41-22-4-3-13-33(41)40-35)34(39-32)28-8-5-7-27(23-28)24-14-16-25(17-15-24)30-11-6-12-31(38-30)26-18-20-37-21-19-26/h1-22,28H,23H2. The van der Waals surface area contributed by atoms with Crippen LogP contribution in [0.3, 0.4) is 0 Å². The Bertz CT molecular complexity index is 2120. The quantitative estimate of drug-likeness (QED) is 0.231. The smallest absolute Gasteiger partial charge is 0.137 e. The molecule has 1 aliphatic rings. The molecule has 1 aliphatic carbocycles. The van der Waals surface area contributed by atoms with Crippen LogP contribution in [-0.2, 0) is 0 Å². The third-order valence-electron chi connectivity index (χ3n) is 7.88. The molecular weight excluding hydrogens is 502 g/mol. The van der Waals surface area contributed by atoms with Crippen LogP contribution >= 0.6 is 0 Å². The van der Waals surface area contributed by atoms with Crippen LogP contribution in [-0.4, -0.2) is 24.3 Å². The number of imidazole rings is 1. The van der Waals surface area contributed by atoms with Crippen molar-refractivity contribution in [3.8, 4) is 22.5 Å². The number of nitrogens with zero attached hydrogens (tertiary/aromatic N) is 5. The van der Waals surface area contributed by atoms with E-state index >= 15 is 0 Å². The summed E-state index contributed by atoms with van der Waals surface area (Å²) in [7, 11) is 0. The Labute approximate surface area is 237 Å². The lowest BCUT2D eigenvalue weighted by atomic mass is 9.86. The van der Waals surface area contributed by atoms with Gasteiger partial charge < -0.3 is 0 Å². The second-order valence-corrected chi connectivity index (χ2v) is 10.4. The monoisotopic (exact) mass is 527 g/mol. The molecule has 0 fully saturated rings. The van der Waals surface area contributed by atoms with E-state index in [1.165, 1.54) is 11.1 Å². The number of pyridine rings is 4. The van der Waals surface area contributed by atoms with Gasteiger partial charge in [-0.3, -0.25) is 9.38 Å². The van der Waals surface area contributed by atoms with Crippen molar-refractivity contribution in [1.29, 1.82) is 0 Å². The molecule has 0 saturated heterocycles. The Morgan fingerprint density at radius 3 is 2.27 bits per heavy atom. The zero-order valence-electron chi connectivity index (χ0n) is 22.2. The molecule has 5 heterocycles. The van der Waals surface area contributed by atoms with Crippen LogP contribution in [0.5, 0.6) is 0 Å². The molecule has 41 heavy (non-hydrogen) atoms. The first kappa shape index (κ1) is 23.5. The van der Waals surface area contributed by atoms with Crippen molar-refractivity contribution in [3.63, 3.8) is 0 Å². The van der Waals surface area contributed by atoms with Crippen LogP contribution in [0.4, 0.5) is 0 Å². The van der Waals surface area contributed by atoms with E-state index in [0.717, 1.165) is 62.2 Å². The Morgan fingerprint density at radius 1 is 0.659 bits per heavy atom. The molecule has 5 nitrogen and oxygen atoms in total. The number of aromatic nitrogens is 5. The molecule has 0 aliphatic heterocycles. The highest BCUT2D eigenvalue weighted by Gasteiger charge is 2.23. The molecular formula is C36H25N5. The topological polar surface area (TPSA) is 56.0 Å². The summed E-state index contributed by atoms with van der Waals surface area (Å²) in [5.74, 6) is 0.139. The lowest BCUT2D eigenvalue weighted by molar-refractivity contribution is 0.839. The summed E-state index contributed by atoms with van der Waals surface area (Å²) in [5.41, 5.74) is 11.6. The maximum Gasteiger partial charge on any atom is 0.137 e. The van der Waals surface area contributed by atoms with Gasteiger partial charge in [0.05, 0.1) is 28.1 Å².